The summed E-state index contributed by atoms with van der Waals surface area (Å²) in [6.07, 6.45) is 41.7. The first-order valence-corrected chi connectivity index (χ1v) is 25.6. The van der Waals surface area contributed by atoms with Crippen LogP contribution in [0.2, 0.25) is 0 Å². The first-order chi connectivity index (χ1) is 32.6. The molecule has 0 radical (unpaired) electrons. The van der Waals surface area contributed by atoms with Gasteiger partial charge in [-0.15, -0.1) is 0 Å². The average Bonchev–Trinajstić information content (AvgIpc) is 3.31. The summed E-state index contributed by atoms with van der Waals surface area (Å²) in [6.45, 7) is 5.64. The van der Waals surface area contributed by atoms with Crippen LogP contribution in [0.25, 0.3) is 0 Å². The molecular formula is C55H88O12. The zero-order chi connectivity index (χ0) is 49.0. The van der Waals surface area contributed by atoms with Gasteiger partial charge in [-0.1, -0.05) is 164 Å². The third kappa shape index (κ3) is 33.9. The van der Waals surface area contributed by atoms with Crippen molar-refractivity contribution >= 4 is 23.9 Å². The molecule has 1 heterocycles. The summed E-state index contributed by atoms with van der Waals surface area (Å²) in [6, 6.07) is 0. The molecule has 0 aromatic rings. The third-order valence-corrected chi connectivity index (χ3v) is 10.9. The molecule has 1 saturated heterocycles. The molecule has 1 aliphatic rings. The summed E-state index contributed by atoms with van der Waals surface area (Å²) < 4.78 is 28.1. The number of rotatable bonds is 41. The van der Waals surface area contributed by atoms with Gasteiger partial charge in [0.1, 0.15) is 18.8 Å². The molecule has 1 aliphatic heterocycles. The van der Waals surface area contributed by atoms with Crippen molar-refractivity contribution in [2.75, 3.05) is 13.2 Å². The molecule has 12 nitrogen and oxygen atoms in total. The number of hydrogen-bond donors (Lipinski definition) is 3. The van der Waals surface area contributed by atoms with Crippen LogP contribution in [0.15, 0.2) is 85.1 Å². The van der Waals surface area contributed by atoms with Crippen LogP contribution in [0.4, 0.5) is 0 Å². The van der Waals surface area contributed by atoms with Crippen molar-refractivity contribution in [3.8, 4) is 0 Å². The Balaban J connectivity index is 2.81. The number of aliphatic hydroxyl groups is 2. The maximum atomic E-state index is 13.0. The standard InChI is InChI=1S/C55H88O12/c1-4-7-10-13-16-19-22-24-27-29-32-35-38-41-47(56)63-44-46(65-48(57)42-39-36-33-31-28-25-23-20-17-14-11-8-5-2)45-64-55-53(51(60)50(59)52(67-55)54(61)62)66-49(58)43-40-37-34-30-26-21-18-15-12-9-6-3/h7,10-11,14-16,18-20,23-24,27,32,35,46,50-53,55,59-60H,4-6,8-9,12-13,17,21-22,25-26,28-31,33-34,36-45H2,1-3H3,(H,61,62)/b10-7-,14-11-,18-15-,19-16-,23-20-,27-24-,35-32-. The Kier molecular flexibility index (Phi) is 39.3. The third-order valence-electron chi connectivity index (χ3n) is 10.9. The minimum atomic E-state index is -1.92. The van der Waals surface area contributed by atoms with Gasteiger partial charge in [0.2, 0.25) is 0 Å². The Morgan fingerprint density at radius 2 is 1.00 bits per heavy atom. The molecule has 0 aliphatic carbocycles. The Morgan fingerprint density at radius 3 is 1.57 bits per heavy atom. The Morgan fingerprint density at radius 1 is 0.507 bits per heavy atom. The molecule has 6 atom stereocenters. The molecule has 1 fully saturated rings. The van der Waals surface area contributed by atoms with Gasteiger partial charge < -0.3 is 39.0 Å². The van der Waals surface area contributed by atoms with E-state index in [2.05, 4.69) is 93.7 Å². The summed E-state index contributed by atoms with van der Waals surface area (Å²) in [4.78, 5) is 50.7. The number of hydrogen-bond acceptors (Lipinski definition) is 11. The SMILES string of the molecule is CC/C=C\C/C=C\C/C=C\C/C=C\CCC(=O)OCC(COC1OC(C(=O)O)C(O)C(O)C1OC(=O)CCCCCCC/C=C\CCCC)OC(=O)CCCCCCC/C=C\C/C=C\CCC. The Hall–Kier alpha value is -4.10. The topological polar surface area (TPSA) is 175 Å². The Bertz CT molecular complexity index is 1490. The number of allylic oxidation sites excluding steroid dienone is 14. The molecule has 0 aromatic heterocycles. The van der Waals surface area contributed by atoms with Crippen molar-refractivity contribution in [1.29, 1.82) is 0 Å². The highest BCUT2D eigenvalue weighted by Crippen LogP contribution is 2.26. The highest BCUT2D eigenvalue weighted by atomic mass is 16.7. The van der Waals surface area contributed by atoms with E-state index in [-0.39, 0.29) is 25.9 Å². The number of esters is 3. The molecule has 0 saturated carbocycles. The Labute approximate surface area is 403 Å². The van der Waals surface area contributed by atoms with Crippen molar-refractivity contribution in [2.24, 2.45) is 0 Å². The van der Waals surface area contributed by atoms with Crippen LogP contribution >= 0.6 is 0 Å². The zero-order valence-corrected chi connectivity index (χ0v) is 41.4. The maximum Gasteiger partial charge on any atom is 0.335 e. The quantitative estimate of drug-likeness (QED) is 0.0229. The van der Waals surface area contributed by atoms with Crippen LogP contribution in [0.1, 0.15) is 188 Å². The van der Waals surface area contributed by atoms with Crippen LogP contribution in [0.3, 0.4) is 0 Å². The lowest BCUT2D eigenvalue weighted by Crippen LogP contribution is -2.61. The number of carbonyl (C=O) groups is 4. The summed E-state index contributed by atoms with van der Waals surface area (Å²) in [5.41, 5.74) is 0. The number of aliphatic carboxylic acids is 1. The summed E-state index contributed by atoms with van der Waals surface area (Å²) in [5, 5.41) is 31.3. The lowest BCUT2D eigenvalue weighted by atomic mass is 9.98. The number of ether oxygens (including phenoxy) is 5. The monoisotopic (exact) mass is 941 g/mol. The molecule has 0 amide bonds. The molecule has 0 bridgehead atoms. The van der Waals surface area contributed by atoms with Gasteiger partial charge in [-0.25, -0.2) is 4.79 Å². The number of carboxylic acid groups (broad SMARTS) is 1. The average molecular weight is 941 g/mol. The fourth-order valence-corrected chi connectivity index (χ4v) is 6.99. The zero-order valence-electron chi connectivity index (χ0n) is 41.4. The summed E-state index contributed by atoms with van der Waals surface area (Å²) >= 11 is 0. The molecular weight excluding hydrogens is 853 g/mol. The number of carbonyl (C=O) groups excluding carboxylic acids is 3. The van der Waals surface area contributed by atoms with Gasteiger partial charge in [-0.2, -0.15) is 0 Å². The highest BCUT2D eigenvalue weighted by molar-refractivity contribution is 5.74. The number of aliphatic hydroxyl groups excluding tert-OH is 2. The number of carboxylic acids is 1. The molecule has 12 heteroatoms. The first-order valence-electron chi connectivity index (χ1n) is 25.6. The van der Waals surface area contributed by atoms with E-state index in [1.807, 2.05) is 12.2 Å². The van der Waals surface area contributed by atoms with E-state index in [1.54, 1.807) is 0 Å². The van der Waals surface area contributed by atoms with Crippen LogP contribution in [-0.2, 0) is 42.9 Å². The predicted octanol–water partition coefficient (Wildman–Crippen LogP) is 12.0. The minimum absolute atomic E-state index is 0.0382. The predicted molar refractivity (Wildman–Crippen MR) is 266 cm³/mol. The fourth-order valence-electron chi connectivity index (χ4n) is 6.99. The van der Waals surface area contributed by atoms with Crippen molar-refractivity contribution in [3.63, 3.8) is 0 Å². The van der Waals surface area contributed by atoms with Gasteiger partial charge >= 0.3 is 23.9 Å². The van der Waals surface area contributed by atoms with Gasteiger partial charge in [-0.3, -0.25) is 14.4 Å². The van der Waals surface area contributed by atoms with Gasteiger partial charge in [0.05, 0.1) is 6.61 Å². The lowest BCUT2D eigenvalue weighted by molar-refractivity contribution is -0.301. The van der Waals surface area contributed by atoms with Crippen molar-refractivity contribution in [1.82, 2.24) is 0 Å². The van der Waals surface area contributed by atoms with Gasteiger partial charge in [0.15, 0.2) is 24.6 Å². The van der Waals surface area contributed by atoms with Gasteiger partial charge in [0.25, 0.3) is 0 Å². The summed E-state index contributed by atoms with van der Waals surface area (Å²) in [5.74, 6) is -3.27. The number of unbranched alkanes of at least 4 members (excludes halogenated alkanes) is 13. The summed E-state index contributed by atoms with van der Waals surface area (Å²) in [7, 11) is 0. The van der Waals surface area contributed by atoms with Crippen molar-refractivity contribution in [3.05, 3.63) is 85.1 Å². The fraction of sp³-hybridized carbons (Fsp3) is 0.673. The van der Waals surface area contributed by atoms with E-state index in [9.17, 15) is 34.5 Å². The second-order valence-electron chi connectivity index (χ2n) is 17.1. The van der Waals surface area contributed by atoms with E-state index in [0.29, 0.717) is 19.3 Å². The van der Waals surface area contributed by atoms with E-state index < -0.39 is 67.3 Å². The molecule has 0 aromatic carbocycles. The van der Waals surface area contributed by atoms with Crippen molar-refractivity contribution < 1.29 is 58.2 Å². The van der Waals surface area contributed by atoms with E-state index in [0.717, 1.165) is 116 Å². The van der Waals surface area contributed by atoms with Crippen LogP contribution in [0, 0.1) is 0 Å². The molecule has 3 N–H and O–H groups in total. The van der Waals surface area contributed by atoms with E-state index >= 15 is 0 Å². The minimum Gasteiger partial charge on any atom is -0.479 e. The molecule has 380 valence electrons. The van der Waals surface area contributed by atoms with Crippen LogP contribution in [0.5, 0.6) is 0 Å². The van der Waals surface area contributed by atoms with Crippen LogP contribution in [-0.4, -0.2) is 89.2 Å². The molecule has 1 rings (SSSR count). The molecule has 67 heavy (non-hydrogen) atoms. The van der Waals surface area contributed by atoms with Gasteiger partial charge in [-0.05, 0) is 89.9 Å². The molecule has 0 spiro atoms. The normalized spacial score (nSPS) is 19.6. The second-order valence-corrected chi connectivity index (χ2v) is 17.1. The lowest BCUT2D eigenvalue weighted by Gasteiger charge is -2.40. The van der Waals surface area contributed by atoms with E-state index in [1.165, 1.54) is 12.8 Å². The van der Waals surface area contributed by atoms with E-state index in [4.69, 9.17) is 23.7 Å². The second kappa shape index (κ2) is 43.2. The van der Waals surface area contributed by atoms with Crippen LogP contribution < -0.4 is 0 Å². The largest absolute Gasteiger partial charge is 0.479 e. The highest BCUT2D eigenvalue weighted by Gasteiger charge is 2.50. The first kappa shape index (κ1) is 60.9. The maximum absolute atomic E-state index is 13.0. The van der Waals surface area contributed by atoms with Gasteiger partial charge in [0, 0.05) is 19.3 Å². The smallest absolute Gasteiger partial charge is 0.335 e. The van der Waals surface area contributed by atoms with Crippen molar-refractivity contribution in [2.45, 2.75) is 225 Å². The molecule has 6 unspecified atom stereocenters.